The number of amides is 1. The predicted octanol–water partition coefficient (Wildman–Crippen LogP) is 2.16. The zero-order chi connectivity index (χ0) is 14.8. The fourth-order valence-corrected chi connectivity index (χ4v) is 1.83. The molecule has 108 valence electrons. The van der Waals surface area contributed by atoms with Crippen molar-refractivity contribution in [3.63, 3.8) is 0 Å². The van der Waals surface area contributed by atoms with Gasteiger partial charge in [0.25, 0.3) is 0 Å². The molecule has 4 heteroatoms. The van der Waals surface area contributed by atoms with Crippen LogP contribution in [-0.4, -0.2) is 37.0 Å². The molecule has 0 aliphatic heterocycles. The first kappa shape index (κ1) is 16.1. The Morgan fingerprint density at radius 1 is 1.20 bits per heavy atom. The van der Waals surface area contributed by atoms with Crippen molar-refractivity contribution in [3.05, 3.63) is 61.0 Å². The molecule has 0 saturated heterocycles. The molecular weight excluding hydrogens is 255 g/mol. The first-order valence-electron chi connectivity index (χ1n) is 6.61. The molecule has 0 unspecified atom stereocenters. The Kier molecular flexibility index (Phi) is 7.29. The van der Waals surface area contributed by atoms with Crippen LogP contribution in [-0.2, 0) is 11.2 Å². The smallest absolute Gasteiger partial charge is 0.234 e. The van der Waals surface area contributed by atoms with Crippen molar-refractivity contribution in [2.75, 3.05) is 26.2 Å². The monoisotopic (exact) mass is 276 g/mol. The van der Waals surface area contributed by atoms with E-state index in [0.717, 1.165) is 5.56 Å². The molecule has 0 radical (unpaired) electrons. The summed E-state index contributed by atoms with van der Waals surface area (Å²) in [6, 6.07) is 6.30. The van der Waals surface area contributed by atoms with Crippen LogP contribution in [0.4, 0.5) is 4.39 Å². The summed E-state index contributed by atoms with van der Waals surface area (Å²) in [5.41, 5.74) is 1.00. The summed E-state index contributed by atoms with van der Waals surface area (Å²) in [6.45, 7) is 9.48. The molecule has 1 aromatic carbocycles. The summed E-state index contributed by atoms with van der Waals surface area (Å²) in [5.74, 6) is -0.280. The number of halogens is 1. The average molecular weight is 276 g/mol. The number of carbonyl (C=O) groups is 1. The van der Waals surface area contributed by atoms with Gasteiger partial charge in [0.2, 0.25) is 5.91 Å². The molecular formula is C16H21FN2O. The standard InChI is InChI=1S/C16H21FN2O/c1-3-11-19(12-4-2)13-16(20)18-10-9-14-5-7-15(17)8-6-14/h3-8H,1-2,9-13H2,(H,18,20). The van der Waals surface area contributed by atoms with Crippen molar-refractivity contribution >= 4 is 5.91 Å². The predicted molar refractivity (Wildman–Crippen MR) is 79.9 cm³/mol. The Morgan fingerprint density at radius 3 is 2.35 bits per heavy atom. The Balaban J connectivity index is 2.29. The normalized spacial score (nSPS) is 10.3. The van der Waals surface area contributed by atoms with Gasteiger partial charge in [0.1, 0.15) is 5.82 Å². The van der Waals surface area contributed by atoms with E-state index in [1.165, 1.54) is 12.1 Å². The third-order valence-corrected chi connectivity index (χ3v) is 2.79. The Hall–Kier alpha value is -1.94. The highest BCUT2D eigenvalue weighted by Crippen LogP contribution is 2.02. The van der Waals surface area contributed by atoms with Gasteiger partial charge in [-0.3, -0.25) is 9.69 Å². The van der Waals surface area contributed by atoms with Gasteiger partial charge >= 0.3 is 0 Å². The molecule has 1 rings (SSSR count). The summed E-state index contributed by atoms with van der Waals surface area (Å²) in [4.78, 5) is 13.7. The van der Waals surface area contributed by atoms with E-state index in [9.17, 15) is 9.18 Å². The SMILES string of the molecule is C=CCN(CC=C)CC(=O)NCCc1ccc(F)cc1. The highest BCUT2D eigenvalue weighted by atomic mass is 19.1. The molecule has 1 N–H and O–H groups in total. The molecule has 0 bridgehead atoms. The maximum atomic E-state index is 12.7. The second kappa shape index (κ2) is 9.04. The molecule has 1 aromatic rings. The van der Waals surface area contributed by atoms with E-state index in [4.69, 9.17) is 0 Å². The Labute approximate surface area is 119 Å². The third kappa shape index (κ3) is 6.29. The van der Waals surface area contributed by atoms with Crippen LogP contribution in [0.25, 0.3) is 0 Å². The van der Waals surface area contributed by atoms with Crippen molar-refractivity contribution in [1.29, 1.82) is 0 Å². The van der Waals surface area contributed by atoms with Crippen LogP contribution in [0.2, 0.25) is 0 Å². The Morgan fingerprint density at radius 2 is 1.80 bits per heavy atom. The van der Waals surface area contributed by atoms with Crippen molar-refractivity contribution in [2.24, 2.45) is 0 Å². The van der Waals surface area contributed by atoms with Crippen LogP contribution in [0.3, 0.4) is 0 Å². The molecule has 20 heavy (non-hydrogen) atoms. The van der Waals surface area contributed by atoms with Gasteiger partial charge in [-0.05, 0) is 24.1 Å². The van der Waals surface area contributed by atoms with Gasteiger partial charge in [0.05, 0.1) is 6.54 Å². The van der Waals surface area contributed by atoms with E-state index in [-0.39, 0.29) is 11.7 Å². The van der Waals surface area contributed by atoms with Gasteiger partial charge in [-0.25, -0.2) is 4.39 Å². The Bertz CT molecular complexity index is 432. The van der Waals surface area contributed by atoms with E-state index in [2.05, 4.69) is 18.5 Å². The zero-order valence-electron chi connectivity index (χ0n) is 11.6. The fourth-order valence-electron chi connectivity index (χ4n) is 1.83. The molecule has 0 atom stereocenters. The maximum Gasteiger partial charge on any atom is 0.234 e. The van der Waals surface area contributed by atoms with Crippen molar-refractivity contribution in [2.45, 2.75) is 6.42 Å². The summed E-state index contributed by atoms with van der Waals surface area (Å²) < 4.78 is 12.7. The van der Waals surface area contributed by atoms with E-state index < -0.39 is 0 Å². The lowest BCUT2D eigenvalue weighted by Gasteiger charge is -2.17. The third-order valence-electron chi connectivity index (χ3n) is 2.79. The summed E-state index contributed by atoms with van der Waals surface area (Å²) >= 11 is 0. The molecule has 0 aromatic heterocycles. The van der Waals surface area contributed by atoms with Crippen molar-refractivity contribution in [3.8, 4) is 0 Å². The van der Waals surface area contributed by atoms with E-state index in [1.807, 2.05) is 4.90 Å². The molecule has 0 fully saturated rings. The van der Waals surface area contributed by atoms with Gasteiger partial charge in [-0.2, -0.15) is 0 Å². The molecule has 0 spiro atoms. The number of hydrogen-bond acceptors (Lipinski definition) is 2. The van der Waals surface area contributed by atoms with Crippen LogP contribution in [0, 0.1) is 5.82 Å². The summed E-state index contributed by atoms with van der Waals surface area (Å²) in [5, 5.41) is 2.85. The van der Waals surface area contributed by atoms with Crippen LogP contribution in [0.5, 0.6) is 0 Å². The van der Waals surface area contributed by atoms with Gasteiger partial charge in [-0.1, -0.05) is 24.3 Å². The molecule has 0 aliphatic rings. The van der Waals surface area contributed by atoms with Crippen LogP contribution in [0.15, 0.2) is 49.6 Å². The fraction of sp³-hybridized carbons (Fsp3) is 0.312. The van der Waals surface area contributed by atoms with Gasteiger partial charge in [0, 0.05) is 19.6 Å². The number of hydrogen-bond donors (Lipinski definition) is 1. The summed E-state index contributed by atoms with van der Waals surface area (Å²) in [6.07, 6.45) is 4.21. The number of rotatable bonds is 9. The van der Waals surface area contributed by atoms with Crippen LogP contribution in [0.1, 0.15) is 5.56 Å². The topological polar surface area (TPSA) is 32.3 Å². The van der Waals surface area contributed by atoms with Crippen LogP contribution < -0.4 is 5.32 Å². The quantitative estimate of drug-likeness (QED) is 0.701. The van der Waals surface area contributed by atoms with Gasteiger partial charge in [0.15, 0.2) is 0 Å². The number of nitrogens with one attached hydrogen (secondary N) is 1. The minimum absolute atomic E-state index is 0.0317. The van der Waals surface area contributed by atoms with Crippen molar-refractivity contribution in [1.82, 2.24) is 10.2 Å². The molecule has 0 heterocycles. The summed E-state index contributed by atoms with van der Waals surface area (Å²) in [7, 11) is 0. The number of benzene rings is 1. The van der Waals surface area contributed by atoms with Crippen molar-refractivity contribution < 1.29 is 9.18 Å². The highest BCUT2D eigenvalue weighted by Gasteiger charge is 2.07. The molecule has 0 saturated carbocycles. The lowest BCUT2D eigenvalue weighted by molar-refractivity contribution is -0.121. The molecule has 0 aliphatic carbocycles. The van der Waals surface area contributed by atoms with E-state index >= 15 is 0 Å². The van der Waals surface area contributed by atoms with E-state index in [0.29, 0.717) is 32.6 Å². The van der Waals surface area contributed by atoms with Gasteiger partial charge < -0.3 is 5.32 Å². The second-order valence-electron chi connectivity index (χ2n) is 4.50. The number of nitrogens with zero attached hydrogens (tertiary/aromatic N) is 1. The largest absolute Gasteiger partial charge is 0.355 e. The highest BCUT2D eigenvalue weighted by molar-refractivity contribution is 5.78. The minimum Gasteiger partial charge on any atom is -0.355 e. The zero-order valence-corrected chi connectivity index (χ0v) is 11.6. The van der Waals surface area contributed by atoms with Gasteiger partial charge in [-0.15, -0.1) is 13.2 Å². The molecule has 1 amide bonds. The lowest BCUT2D eigenvalue weighted by atomic mass is 10.1. The first-order valence-corrected chi connectivity index (χ1v) is 6.61. The van der Waals surface area contributed by atoms with Crippen LogP contribution >= 0.6 is 0 Å². The maximum absolute atomic E-state index is 12.7. The first-order chi connectivity index (χ1) is 9.65. The minimum atomic E-state index is -0.248. The average Bonchev–Trinajstić information content (AvgIpc) is 2.41. The molecule has 3 nitrogen and oxygen atoms in total. The lowest BCUT2D eigenvalue weighted by Crippen LogP contribution is -2.38. The second-order valence-corrected chi connectivity index (χ2v) is 4.50. The van der Waals surface area contributed by atoms with E-state index in [1.54, 1.807) is 24.3 Å². The number of carbonyl (C=O) groups excluding carboxylic acids is 1.